The number of imidazole rings is 1. The molecule has 8 heteroatoms. The molecule has 134 valence electrons. The second kappa shape index (κ2) is 7.00. The Kier molecular flexibility index (Phi) is 4.39. The van der Waals surface area contributed by atoms with Gasteiger partial charge in [-0.05, 0) is 29.6 Å². The van der Waals surface area contributed by atoms with Crippen molar-refractivity contribution >= 4 is 39.7 Å². The molecule has 0 spiro atoms. The molecule has 7 nitrogen and oxygen atoms in total. The number of aromatic nitrogens is 2. The van der Waals surface area contributed by atoms with Crippen LogP contribution >= 0.6 is 11.3 Å². The molecule has 2 aromatic carbocycles. The second-order valence-corrected chi connectivity index (χ2v) is 6.85. The molecule has 4 aromatic rings. The van der Waals surface area contributed by atoms with Gasteiger partial charge in [0, 0.05) is 17.3 Å². The van der Waals surface area contributed by atoms with Crippen LogP contribution in [0.1, 0.15) is 5.56 Å². The van der Waals surface area contributed by atoms with Crippen LogP contribution in [0, 0.1) is 10.1 Å². The first kappa shape index (κ1) is 16.9. The van der Waals surface area contributed by atoms with Crippen molar-refractivity contribution < 1.29 is 9.72 Å². The number of H-pyrrole nitrogens is 1. The van der Waals surface area contributed by atoms with E-state index in [1.165, 1.54) is 6.07 Å². The normalized spacial score (nSPS) is 10.8. The number of carbonyl (C=O) groups excluding carboxylic acids is 1. The van der Waals surface area contributed by atoms with E-state index >= 15 is 0 Å². The summed E-state index contributed by atoms with van der Waals surface area (Å²) in [4.78, 5) is 31.7. The summed E-state index contributed by atoms with van der Waals surface area (Å²) in [5, 5.41) is 15.8. The third-order valence-electron chi connectivity index (χ3n) is 4.06. The summed E-state index contributed by atoms with van der Waals surface area (Å²) in [6, 6.07) is 15.6. The van der Waals surface area contributed by atoms with Gasteiger partial charge in [-0.25, -0.2) is 4.98 Å². The Morgan fingerprint density at radius 3 is 2.81 bits per heavy atom. The van der Waals surface area contributed by atoms with E-state index in [9.17, 15) is 14.9 Å². The summed E-state index contributed by atoms with van der Waals surface area (Å²) in [7, 11) is 0. The van der Waals surface area contributed by atoms with Gasteiger partial charge in [-0.2, -0.15) is 0 Å². The third-order valence-corrected chi connectivity index (χ3v) is 4.94. The van der Waals surface area contributed by atoms with Gasteiger partial charge in [0.15, 0.2) is 0 Å². The fourth-order valence-electron chi connectivity index (χ4n) is 2.83. The Morgan fingerprint density at radius 1 is 1.19 bits per heavy atom. The zero-order chi connectivity index (χ0) is 18.8. The van der Waals surface area contributed by atoms with Crippen molar-refractivity contribution in [3.05, 3.63) is 75.7 Å². The second-order valence-electron chi connectivity index (χ2n) is 5.91. The minimum absolute atomic E-state index is 0.0581. The maximum absolute atomic E-state index is 12.3. The minimum atomic E-state index is -0.481. The van der Waals surface area contributed by atoms with Gasteiger partial charge in [-0.1, -0.05) is 24.3 Å². The fourth-order valence-corrected chi connectivity index (χ4v) is 3.50. The lowest BCUT2D eigenvalue weighted by atomic mass is 10.1. The highest BCUT2D eigenvalue weighted by Crippen LogP contribution is 2.26. The summed E-state index contributed by atoms with van der Waals surface area (Å²) in [6.07, 6.45) is -0.0708. The first-order valence-electron chi connectivity index (χ1n) is 8.16. The van der Waals surface area contributed by atoms with Crippen molar-refractivity contribution in [1.29, 1.82) is 0 Å². The number of carbonyl (C=O) groups is 1. The summed E-state index contributed by atoms with van der Waals surface area (Å²) >= 11 is 1.59. The SMILES string of the molecule is O=C(Cc1ccccc1[N+](=O)[O-])Nc1ccc2nc(-c3cccs3)[nH]c2c1. The fraction of sp³-hybridized carbons (Fsp3) is 0.0526. The van der Waals surface area contributed by atoms with Crippen LogP contribution in [0.4, 0.5) is 11.4 Å². The van der Waals surface area contributed by atoms with Gasteiger partial charge in [0.2, 0.25) is 5.91 Å². The number of benzene rings is 2. The molecule has 4 rings (SSSR count). The standard InChI is InChI=1S/C19H14N4O3S/c24-18(10-12-4-1-2-5-16(12)23(25)26)20-13-7-8-14-15(11-13)22-19(21-14)17-6-3-9-27-17/h1-9,11H,10H2,(H,20,24)(H,21,22). The number of aromatic amines is 1. The van der Waals surface area contributed by atoms with E-state index in [1.807, 2.05) is 23.6 Å². The molecule has 0 radical (unpaired) electrons. The Balaban J connectivity index is 1.53. The molecule has 1 amide bonds. The van der Waals surface area contributed by atoms with Gasteiger partial charge in [0.25, 0.3) is 5.69 Å². The van der Waals surface area contributed by atoms with Crippen molar-refractivity contribution in [2.45, 2.75) is 6.42 Å². The predicted molar refractivity (Wildman–Crippen MR) is 105 cm³/mol. The van der Waals surface area contributed by atoms with E-state index in [4.69, 9.17) is 0 Å². The third kappa shape index (κ3) is 3.56. The first-order chi connectivity index (χ1) is 13.1. The lowest BCUT2D eigenvalue weighted by Gasteiger charge is -2.06. The van der Waals surface area contributed by atoms with E-state index in [-0.39, 0.29) is 18.0 Å². The summed E-state index contributed by atoms with van der Waals surface area (Å²) in [5.41, 5.74) is 2.53. The largest absolute Gasteiger partial charge is 0.337 e. The van der Waals surface area contributed by atoms with E-state index in [0.717, 1.165) is 21.7 Å². The quantitative estimate of drug-likeness (QED) is 0.397. The molecule has 0 atom stereocenters. The maximum atomic E-state index is 12.3. The topological polar surface area (TPSA) is 101 Å². The number of hydrogen-bond acceptors (Lipinski definition) is 5. The average Bonchev–Trinajstić information content (AvgIpc) is 3.31. The molecule has 2 N–H and O–H groups in total. The van der Waals surface area contributed by atoms with Crippen LogP contribution in [-0.4, -0.2) is 20.8 Å². The van der Waals surface area contributed by atoms with Gasteiger partial charge < -0.3 is 10.3 Å². The number of nitro groups is 1. The molecule has 0 aliphatic carbocycles. The molecule has 0 unspecified atom stereocenters. The average molecular weight is 378 g/mol. The lowest BCUT2D eigenvalue weighted by Crippen LogP contribution is -2.15. The summed E-state index contributed by atoms with van der Waals surface area (Å²) in [5.74, 6) is 0.463. The molecule has 0 aliphatic heterocycles. The van der Waals surface area contributed by atoms with Crippen LogP contribution in [0.25, 0.3) is 21.7 Å². The predicted octanol–water partition coefficient (Wildman–Crippen LogP) is 4.38. The Hall–Kier alpha value is -3.52. The van der Waals surface area contributed by atoms with Crippen LogP contribution < -0.4 is 5.32 Å². The molecule has 2 aromatic heterocycles. The number of fused-ring (bicyclic) bond motifs is 1. The Bertz CT molecular complexity index is 1140. The first-order valence-corrected chi connectivity index (χ1v) is 9.04. The molecule has 2 heterocycles. The van der Waals surface area contributed by atoms with Gasteiger partial charge in [0.05, 0.1) is 27.3 Å². The van der Waals surface area contributed by atoms with Crippen molar-refractivity contribution in [3.63, 3.8) is 0 Å². The molecule has 0 saturated carbocycles. The zero-order valence-corrected chi connectivity index (χ0v) is 14.8. The number of amides is 1. The Morgan fingerprint density at radius 2 is 2.04 bits per heavy atom. The van der Waals surface area contributed by atoms with Gasteiger partial charge in [0.1, 0.15) is 5.82 Å². The van der Waals surface area contributed by atoms with E-state index in [2.05, 4.69) is 15.3 Å². The zero-order valence-electron chi connectivity index (χ0n) is 14.0. The number of nitrogens with zero attached hydrogens (tertiary/aromatic N) is 2. The number of nitro benzene ring substituents is 1. The smallest absolute Gasteiger partial charge is 0.273 e. The highest BCUT2D eigenvalue weighted by molar-refractivity contribution is 7.13. The summed E-state index contributed by atoms with van der Waals surface area (Å²) in [6.45, 7) is 0. The minimum Gasteiger partial charge on any atom is -0.337 e. The van der Waals surface area contributed by atoms with Crippen molar-refractivity contribution in [2.75, 3.05) is 5.32 Å². The maximum Gasteiger partial charge on any atom is 0.273 e. The van der Waals surface area contributed by atoms with Gasteiger partial charge in [-0.3, -0.25) is 14.9 Å². The van der Waals surface area contributed by atoms with Crippen molar-refractivity contribution in [3.8, 4) is 10.7 Å². The van der Waals surface area contributed by atoms with Crippen LogP contribution in [-0.2, 0) is 11.2 Å². The van der Waals surface area contributed by atoms with E-state index in [0.29, 0.717) is 11.3 Å². The van der Waals surface area contributed by atoms with Crippen LogP contribution in [0.15, 0.2) is 60.0 Å². The molecule has 0 saturated heterocycles. The lowest BCUT2D eigenvalue weighted by molar-refractivity contribution is -0.385. The van der Waals surface area contributed by atoms with Crippen LogP contribution in [0.3, 0.4) is 0 Å². The van der Waals surface area contributed by atoms with Crippen molar-refractivity contribution in [2.24, 2.45) is 0 Å². The van der Waals surface area contributed by atoms with E-state index in [1.54, 1.807) is 41.7 Å². The number of rotatable bonds is 5. The molecule has 0 bridgehead atoms. The molecule has 27 heavy (non-hydrogen) atoms. The van der Waals surface area contributed by atoms with Crippen LogP contribution in [0.5, 0.6) is 0 Å². The molecule has 0 aliphatic rings. The molecular formula is C19H14N4O3S. The number of nitrogens with one attached hydrogen (secondary N) is 2. The van der Waals surface area contributed by atoms with Crippen molar-refractivity contribution in [1.82, 2.24) is 9.97 Å². The highest BCUT2D eigenvalue weighted by Gasteiger charge is 2.16. The number of thiophene rings is 1. The molecule has 0 fully saturated rings. The van der Waals surface area contributed by atoms with Crippen LogP contribution in [0.2, 0.25) is 0 Å². The monoisotopic (exact) mass is 378 g/mol. The van der Waals surface area contributed by atoms with Gasteiger partial charge >= 0.3 is 0 Å². The van der Waals surface area contributed by atoms with E-state index < -0.39 is 4.92 Å². The Labute approximate surface area is 157 Å². The van der Waals surface area contributed by atoms with Gasteiger partial charge in [-0.15, -0.1) is 11.3 Å². The highest BCUT2D eigenvalue weighted by atomic mass is 32.1. The molecular weight excluding hydrogens is 364 g/mol. The number of anilines is 1. The number of para-hydroxylation sites is 1. The number of hydrogen-bond donors (Lipinski definition) is 2. The summed E-state index contributed by atoms with van der Waals surface area (Å²) < 4.78 is 0.